The third kappa shape index (κ3) is 2.90. The summed E-state index contributed by atoms with van der Waals surface area (Å²) in [4.78, 5) is 9.75. The van der Waals surface area contributed by atoms with E-state index in [2.05, 4.69) is 29.1 Å². The Morgan fingerprint density at radius 1 is 1.44 bits per heavy atom. The van der Waals surface area contributed by atoms with Gasteiger partial charge in [0.2, 0.25) is 11.8 Å². The molecule has 2 rings (SSSR count). The molecule has 1 unspecified atom stereocenters. The van der Waals surface area contributed by atoms with Crippen molar-refractivity contribution < 1.29 is 4.74 Å². The molecule has 2 heterocycles. The Balaban J connectivity index is 2.18. The lowest BCUT2D eigenvalue weighted by Crippen LogP contribution is -2.10. The van der Waals surface area contributed by atoms with Crippen LogP contribution in [0.25, 0.3) is 10.2 Å². The molecule has 0 aliphatic rings. The molecular weight excluding hydrogens is 246 g/mol. The van der Waals surface area contributed by atoms with Gasteiger partial charge in [-0.05, 0) is 23.8 Å². The van der Waals surface area contributed by atoms with Gasteiger partial charge >= 0.3 is 0 Å². The molecule has 0 aliphatic heterocycles. The van der Waals surface area contributed by atoms with E-state index in [0.717, 1.165) is 10.2 Å². The Labute approximate surface area is 111 Å². The van der Waals surface area contributed by atoms with Crippen LogP contribution in [0.1, 0.15) is 26.7 Å². The zero-order valence-corrected chi connectivity index (χ0v) is 11.9. The van der Waals surface area contributed by atoms with Crippen LogP contribution in [0.4, 0.5) is 5.95 Å². The van der Waals surface area contributed by atoms with Crippen molar-refractivity contribution in [2.75, 3.05) is 19.0 Å². The number of nitrogens with one attached hydrogen (secondary N) is 1. The van der Waals surface area contributed by atoms with Crippen LogP contribution >= 0.6 is 11.3 Å². The van der Waals surface area contributed by atoms with E-state index in [-0.39, 0.29) is 0 Å². The molecule has 0 amide bonds. The van der Waals surface area contributed by atoms with Crippen LogP contribution in [0, 0.1) is 5.92 Å². The summed E-state index contributed by atoms with van der Waals surface area (Å²) in [5.41, 5.74) is 0. The minimum atomic E-state index is 0.552. The van der Waals surface area contributed by atoms with E-state index in [4.69, 9.17) is 4.74 Å². The Hall–Kier alpha value is -1.36. The molecule has 1 N–H and O–H groups in total. The first-order chi connectivity index (χ1) is 8.74. The van der Waals surface area contributed by atoms with E-state index in [0.29, 0.717) is 24.4 Å². The maximum atomic E-state index is 5.85. The van der Waals surface area contributed by atoms with Crippen molar-refractivity contribution in [3.8, 4) is 5.88 Å². The average molecular weight is 265 g/mol. The average Bonchev–Trinajstić information content (AvgIpc) is 2.84. The fourth-order valence-electron chi connectivity index (χ4n) is 1.85. The van der Waals surface area contributed by atoms with Crippen LogP contribution in [0.3, 0.4) is 0 Å². The van der Waals surface area contributed by atoms with Crippen molar-refractivity contribution in [2.24, 2.45) is 5.92 Å². The second-order valence-corrected chi connectivity index (χ2v) is 5.34. The van der Waals surface area contributed by atoms with Crippen LogP contribution in [0.5, 0.6) is 5.88 Å². The Morgan fingerprint density at radius 3 is 3.00 bits per heavy atom. The van der Waals surface area contributed by atoms with Gasteiger partial charge in [-0.2, -0.15) is 4.98 Å². The number of aromatic nitrogens is 2. The van der Waals surface area contributed by atoms with Gasteiger partial charge in [0.05, 0.1) is 12.0 Å². The first-order valence-corrected chi connectivity index (χ1v) is 7.18. The number of anilines is 1. The summed E-state index contributed by atoms with van der Waals surface area (Å²) in [5, 5.41) is 5.98. The Bertz CT molecular complexity index is 512. The summed E-state index contributed by atoms with van der Waals surface area (Å²) in [6, 6.07) is 2.01. The van der Waals surface area contributed by atoms with Crippen molar-refractivity contribution in [3.63, 3.8) is 0 Å². The van der Waals surface area contributed by atoms with Gasteiger partial charge in [0.1, 0.15) is 4.83 Å². The topological polar surface area (TPSA) is 47.0 Å². The molecule has 0 spiro atoms. The number of fused-ring (bicyclic) bond motifs is 1. The van der Waals surface area contributed by atoms with Gasteiger partial charge in [0.25, 0.3) is 0 Å². The third-order valence-electron chi connectivity index (χ3n) is 2.80. The molecule has 4 nitrogen and oxygen atoms in total. The fourth-order valence-corrected chi connectivity index (χ4v) is 2.60. The number of ether oxygens (including phenoxy) is 1. The lowest BCUT2D eigenvalue weighted by molar-refractivity contribution is 0.246. The number of thiophene rings is 1. The van der Waals surface area contributed by atoms with Crippen molar-refractivity contribution in [1.82, 2.24) is 9.97 Å². The first kappa shape index (κ1) is 13.1. The van der Waals surface area contributed by atoms with E-state index < -0.39 is 0 Å². The monoisotopic (exact) mass is 265 g/mol. The zero-order valence-electron chi connectivity index (χ0n) is 11.1. The smallest absolute Gasteiger partial charge is 0.227 e. The summed E-state index contributed by atoms with van der Waals surface area (Å²) in [6.45, 7) is 5.10. The zero-order chi connectivity index (χ0) is 13.0. The van der Waals surface area contributed by atoms with Gasteiger partial charge in [-0.3, -0.25) is 0 Å². The lowest BCUT2D eigenvalue weighted by Gasteiger charge is -2.12. The molecule has 98 valence electrons. The van der Waals surface area contributed by atoms with Crippen LogP contribution in [0.15, 0.2) is 11.4 Å². The molecule has 0 saturated heterocycles. The largest absolute Gasteiger partial charge is 0.477 e. The Kier molecular flexibility index (Phi) is 4.36. The molecular formula is C13H19N3OS. The first-order valence-electron chi connectivity index (χ1n) is 6.30. The highest BCUT2D eigenvalue weighted by molar-refractivity contribution is 7.16. The number of rotatable bonds is 6. The Morgan fingerprint density at radius 2 is 2.28 bits per heavy atom. The lowest BCUT2D eigenvalue weighted by atomic mass is 10.1. The summed E-state index contributed by atoms with van der Waals surface area (Å²) >= 11 is 1.60. The quantitative estimate of drug-likeness (QED) is 0.867. The summed E-state index contributed by atoms with van der Waals surface area (Å²) < 4.78 is 5.85. The highest BCUT2D eigenvalue weighted by Crippen LogP contribution is 2.28. The number of hydrogen-bond acceptors (Lipinski definition) is 5. The number of nitrogens with zero attached hydrogens (tertiary/aromatic N) is 2. The summed E-state index contributed by atoms with van der Waals surface area (Å²) in [5.74, 6) is 1.85. The second kappa shape index (κ2) is 6.00. The minimum Gasteiger partial charge on any atom is -0.477 e. The van der Waals surface area contributed by atoms with Crippen molar-refractivity contribution in [2.45, 2.75) is 26.7 Å². The molecule has 2 aromatic rings. The molecule has 0 saturated carbocycles. The SMILES string of the molecule is CCCC(C)COc1nc(NC)nc2sccc12. The standard InChI is InChI=1S/C13H19N3OS/c1-4-5-9(2)8-17-11-10-6-7-18-12(10)16-13(14-3)15-11/h6-7,9H,4-5,8H2,1-3H3,(H,14,15,16). The fraction of sp³-hybridized carbons (Fsp3) is 0.538. The molecule has 0 fully saturated rings. The molecule has 18 heavy (non-hydrogen) atoms. The van der Waals surface area contributed by atoms with Crippen molar-refractivity contribution >= 4 is 27.5 Å². The van der Waals surface area contributed by atoms with E-state index in [1.165, 1.54) is 12.8 Å². The normalized spacial score (nSPS) is 12.6. The van der Waals surface area contributed by atoms with Gasteiger partial charge in [0.15, 0.2) is 0 Å². The minimum absolute atomic E-state index is 0.552. The van der Waals surface area contributed by atoms with Crippen molar-refractivity contribution in [3.05, 3.63) is 11.4 Å². The van der Waals surface area contributed by atoms with Gasteiger partial charge in [-0.15, -0.1) is 11.3 Å². The van der Waals surface area contributed by atoms with Crippen molar-refractivity contribution in [1.29, 1.82) is 0 Å². The molecule has 2 aromatic heterocycles. The highest BCUT2D eigenvalue weighted by Gasteiger charge is 2.10. The molecule has 1 atom stereocenters. The van der Waals surface area contributed by atoms with Crippen LogP contribution < -0.4 is 10.1 Å². The van der Waals surface area contributed by atoms with Crippen LogP contribution in [-0.2, 0) is 0 Å². The van der Waals surface area contributed by atoms with E-state index in [1.807, 2.05) is 18.5 Å². The molecule has 0 bridgehead atoms. The van der Waals surface area contributed by atoms with E-state index in [9.17, 15) is 0 Å². The van der Waals surface area contributed by atoms with E-state index in [1.54, 1.807) is 11.3 Å². The summed E-state index contributed by atoms with van der Waals surface area (Å²) in [6.07, 6.45) is 2.36. The van der Waals surface area contributed by atoms with Gasteiger partial charge < -0.3 is 10.1 Å². The second-order valence-electron chi connectivity index (χ2n) is 4.45. The van der Waals surface area contributed by atoms with Gasteiger partial charge in [-0.1, -0.05) is 20.3 Å². The third-order valence-corrected chi connectivity index (χ3v) is 3.61. The van der Waals surface area contributed by atoms with Crippen LogP contribution in [-0.4, -0.2) is 23.6 Å². The van der Waals surface area contributed by atoms with Crippen LogP contribution in [0.2, 0.25) is 0 Å². The molecule has 0 aliphatic carbocycles. The molecule has 5 heteroatoms. The van der Waals surface area contributed by atoms with Gasteiger partial charge in [0, 0.05) is 7.05 Å². The summed E-state index contributed by atoms with van der Waals surface area (Å²) in [7, 11) is 1.82. The van der Waals surface area contributed by atoms with E-state index >= 15 is 0 Å². The maximum absolute atomic E-state index is 5.85. The highest BCUT2D eigenvalue weighted by atomic mass is 32.1. The predicted octanol–water partition coefficient (Wildman–Crippen LogP) is 3.55. The predicted molar refractivity (Wildman–Crippen MR) is 76.5 cm³/mol. The maximum Gasteiger partial charge on any atom is 0.227 e. The number of hydrogen-bond donors (Lipinski definition) is 1. The molecule has 0 aromatic carbocycles. The molecule has 0 radical (unpaired) electrons. The van der Waals surface area contributed by atoms with Gasteiger partial charge in [-0.25, -0.2) is 4.98 Å².